The second-order valence-corrected chi connectivity index (χ2v) is 4.22. The average Bonchev–Trinajstić information content (AvgIpc) is 2.77. The third kappa shape index (κ3) is 3.11. The molecule has 2 aromatic heterocycles. The van der Waals surface area contributed by atoms with Crippen LogP contribution in [-0.4, -0.2) is 35.6 Å². The van der Waals surface area contributed by atoms with Gasteiger partial charge in [-0.3, -0.25) is 4.79 Å². The first kappa shape index (κ1) is 11.7. The van der Waals surface area contributed by atoms with Crippen LogP contribution in [-0.2, 0) is 9.53 Å². The number of anilines is 1. The number of nitrogens with zero attached hydrogens (tertiary/aromatic N) is 2. The molecule has 1 amide bonds. The van der Waals surface area contributed by atoms with Gasteiger partial charge in [0.2, 0.25) is 5.91 Å². The lowest BCUT2D eigenvalue weighted by molar-refractivity contribution is -0.122. The maximum absolute atomic E-state index is 10.4. The highest BCUT2D eigenvalue weighted by Crippen LogP contribution is 2.24. The lowest BCUT2D eigenvalue weighted by atomic mass is 10.4. The Morgan fingerprint density at radius 3 is 3.24 bits per heavy atom. The zero-order chi connectivity index (χ0) is 12.1. The minimum Gasteiger partial charge on any atom is -0.370 e. The molecule has 0 aromatic carbocycles. The van der Waals surface area contributed by atoms with Gasteiger partial charge in [0.25, 0.3) is 0 Å². The van der Waals surface area contributed by atoms with Crippen LogP contribution in [0.1, 0.15) is 0 Å². The van der Waals surface area contributed by atoms with Crippen LogP contribution in [0.4, 0.5) is 5.82 Å². The van der Waals surface area contributed by atoms with Gasteiger partial charge in [-0.05, 0) is 11.4 Å². The van der Waals surface area contributed by atoms with Gasteiger partial charge in [-0.2, -0.15) is 0 Å². The van der Waals surface area contributed by atoms with Gasteiger partial charge in [-0.25, -0.2) is 9.97 Å². The van der Waals surface area contributed by atoms with E-state index in [-0.39, 0.29) is 6.61 Å². The summed E-state index contributed by atoms with van der Waals surface area (Å²) >= 11 is 1.58. The fraction of sp³-hybridized carbons (Fsp3) is 0.300. The molecule has 3 N–H and O–H groups in total. The largest absolute Gasteiger partial charge is 0.370 e. The number of nitrogens with one attached hydrogen (secondary N) is 1. The molecule has 2 aromatic rings. The van der Waals surface area contributed by atoms with Crippen molar-refractivity contribution >= 4 is 33.3 Å². The van der Waals surface area contributed by atoms with E-state index < -0.39 is 5.91 Å². The molecule has 7 heteroatoms. The monoisotopic (exact) mass is 252 g/mol. The molecule has 2 rings (SSSR count). The summed E-state index contributed by atoms with van der Waals surface area (Å²) in [5.74, 6) is 0.320. The van der Waals surface area contributed by atoms with E-state index in [2.05, 4.69) is 15.3 Å². The standard InChI is InChI=1S/C10H12N4O2S/c11-8(15)5-16-3-2-12-10-9-7(1-4-17-9)13-6-14-10/h1,4,6H,2-3,5H2,(H2,11,15)(H,12,13,14). The molecule has 6 nitrogen and oxygen atoms in total. The molecule has 0 saturated heterocycles. The van der Waals surface area contributed by atoms with Crippen molar-refractivity contribution in [1.82, 2.24) is 9.97 Å². The molecular weight excluding hydrogens is 240 g/mol. The SMILES string of the molecule is NC(=O)COCCNc1ncnc2ccsc12. The lowest BCUT2D eigenvalue weighted by Crippen LogP contribution is -2.20. The van der Waals surface area contributed by atoms with Gasteiger partial charge < -0.3 is 15.8 Å². The summed E-state index contributed by atoms with van der Waals surface area (Å²) < 4.78 is 6.05. The number of amides is 1. The number of carbonyl (C=O) groups excluding carboxylic acids is 1. The first-order valence-electron chi connectivity index (χ1n) is 5.05. The number of aromatic nitrogens is 2. The van der Waals surface area contributed by atoms with Crippen molar-refractivity contribution in [2.75, 3.05) is 25.1 Å². The number of fused-ring (bicyclic) bond motifs is 1. The number of rotatable bonds is 6. The van der Waals surface area contributed by atoms with E-state index in [0.29, 0.717) is 13.2 Å². The number of ether oxygens (including phenoxy) is 1. The summed E-state index contributed by atoms with van der Waals surface area (Å²) in [5, 5.41) is 5.10. The second kappa shape index (κ2) is 5.55. The molecule has 0 aliphatic rings. The summed E-state index contributed by atoms with van der Waals surface area (Å²) in [6, 6.07) is 1.94. The Kier molecular flexibility index (Phi) is 3.84. The molecule has 0 aliphatic carbocycles. The zero-order valence-electron chi connectivity index (χ0n) is 9.05. The molecule has 0 bridgehead atoms. The van der Waals surface area contributed by atoms with Crippen molar-refractivity contribution in [3.05, 3.63) is 17.8 Å². The van der Waals surface area contributed by atoms with Crippen molar-refractivity contribution in [2.24, 2.45) is 5.73 Å². The third-order valence-corrected chi connectivity index (χ3v) is 2.94. The smallest absolute Gasteiger partial charge is 0.243 e. The highest BCUT2D eigenvalue weighted by atomic mass is 32.1. The van der Waals surface area contributed by atoms with E-state index in [1.165, 1.54) is 6.33 Å². The summed E-state index contributed by atoms with van der Waals surface area (Å²) in [6.45, 7) is 0.914. The molecule has 0 fully saturated rings. The first-order chi connectivity index (χ1) is 8.27. The molecule has 0 unspecified atom stereocenters. The van der Waals surface area contributed by atoms with Gasteiger partial charge in [0, 0.05) is 6.54 Å². The highest BCUT2D eigenvalue weighted by molar-refractivity contribution is 7.17. The summed E-state index contributed by atoms with van der Waals surface area (Å²) in [4.78, 5) is 18.7. The van der Waals surface area contributed by atoms with E-state index in [9.17, 15) is 4.79 Å². The normalized spacial score (nSPS) is 10.6. The Bertz CT molecular complexity index is 514. The number of thiophene rings is 1. The summed E-state index contributed by atoms with van der Waals surface area (Å²) in [7, 11) is 0. The molecule has 17 heavy (non-hydrogen) atoms. The molecule has 0 aliphatic heterocycles. The van der Waals surface area contributed by atoms with Crippen LogP contribution in [0, 0.1) is 0 Å². The zero-order valence-corrected chi connectivity index (χ0v) is 9.87. The maximum Gasteiger partial charge on any atom is 0.243 e. The average molecular weight is 252 g/mol. The highest BCUT2D eigenvalue weighted by Gasteiger charge is 2.03. The van der Waals surface area contributed by atoms with Gasteiger partial charge in [0.15, 0.2) is 0 Å². The van der Waals surface area contributed by atoms with Gasteiger partial charge in [-0.15, -0.1) is 11.3 Å². The Labute approximate surface area is 102 Å². The Hall–Kier alpha value is -1.73. The number of hydrogen-bond acceptors (Lipinski definition) is 6. The maximum atomic E-state index is 10.4. The van der Waals surface area contributed by atoms with E-state index >= 15 is 0 Å². The third-order valence-electron chi connectivity index (χ3n) is 2.03. The minimum absolute atomic E-state index is 0.0557. The van der Waals surface area contributed by atoms with Gasteiger partial charge in [0.05, 0.1) is 16.8 Å². The van der Waals surface area contributed by atoms with Crippen LogP contribution in [0.3, 0.4) is 0 Å². The van der Waals surface area contributed by atoms with Crippen molar-refractivity contribution in [3.63, 3.8) is 0 Å². The molecular formula is C10H12N4O2S. The van der Waals surface area contributed by atoms with Crippen molar-refractivity contribution < 1.29 is 9.53 Å². The molecule has 0 spiro atoms. The van der Waals surface area contributed by atoms with E-state index in [1.54, 1.807) is 11.3 Å². The number of hydrogen-bond donors (Lipinski definition) is 2. The van der Waals surface area contributed by atoms with Crippen LogP contribution in [0.25, 0.3) is 10.2 Å². The van der Waals surface area contributed by atoms with Gasteiger partial charge in [-0.1, -0.05) is 0 Å². The van der Waals surface area contributed by atoms with Gasteiger partial charge in [0.1, 0.15) is 18.8 Å². The number of primary amides is 1. The van der Waals surface area contributed by atoms with Crippen LogP contribution in [0.15, 0.2) is 17.8 Å². The predicted octanol–water partition coefficient (Wildman–Crippen LogP) is 0.605. The van der Waals surface area contributed by atoms with Gasteiger partial charge >= 0.3 is 0 Å². The van der Waals surface area contributed by atoms with Crippen molar-refractivity contribution in [1.29, 1.82) is 0 Å². The quantitative estimate of drug-likeness (QED) is 0.735. The number of nitrogens with two attached hydrogens (primary N) is 1. The fourth-order valence-corrected chi connectivity index (χ4v) is 2.14. The Morgan fingerprint density at radius 2 is 2.41 bits per heavy atom. The Morgan fingerprint density at radius 1 is 1.53 bits per heavy atom. The van der Waals surface area contributed by atoms with E-state index in [0.717, 1.165) is 16.0 Å². The van der Waals surface area contributed by atoms with Crippen LogP contribution >= 0.6 is 11.3 Å². The fourth-order valence-electron chi connectivity index (χ4n) is 1.33. The lowest BCUT2D eigenvalue weighted by Gasteiger charge is -2.05. The topological polar surface area (TPSA) is 90.1 Å². The van der Waals surface area contributed by atoms with E-state index in [4.69, 9.17) is 10.5 Å². The van der Waals surface area contributed by atoms with Crippen molar-refractivity contribution in [3.8, 4) is 0 Å². The second-order valence-electron chi connectivity index (χ2n) is 3.30. The van der Waals surface area contributed by atoms with Crippen LogP contribution in [0.5, 0.6) is 0 Å². The molecule has 90 valence electrons. The molecule has 0 radical (unpaired) electrons. The summed E-state index contributed by atoms with van der Waals surface area (Å²) in [6.07, 6.45) is 1.52. The first-order valence-corrected chi connectivity index (χ1v) is 5.93. The van der Waals surface area contributed by atoms with Crippen LogP contribution in [0.2, 0.25) is 0 Å². The van der Waals surface area contributed by atoms with Crippen LogP contribution < -0.4 is 11.1 Å². The predicted molar refractivity (Wildman–Crippen MR) is 65.9 cm³/mol. The Balaban J connectivity index is 1.86. The summed E-state index contributed by atoms with van der Waals surface area (Å²) in [5.41, 5.74) is 5.86. The minimum atomic E-state index is -0.465. The molecule has 0 saturated carbocycles. The molecule has 2 heterocycles. The number of carbonyl (C=O) groups is 1. The van der Waals surface area contributed by atoms with Crippen molar-refractivity contribution in [2.45, 2.75) is 0 Å². The van der Waals surface area contributed by atoms with E-state index in [1.807, 2.05) is 11.4 Å². The molecule has 0 atom stereocenters.